The van der Waals surface area contributed by atoms with Crippen molar-refractivity contribution < 1.29 is 14.2 Å². The molecule has 0 bridgehead atoms. The van der Waals surface area contributed by atoms with Gasteiger partial charge >= 0.3 is 0 Å². The molecule has 0 rings (SSSR count). The monoisotopic (exact) mass is 208 g/mol. The molecule has 0 aromatic heterocycles. The summed E-state index contributed by atoms with van der Waals surface area (Å²) in [5.41, 5.74) is 20.7. The van der Waals surface area contributed by atoms with Gasteiger partial charge in [0.05, 0.1) is 45.6 Å². The lowest BCUT2D eigenvalue weighted by Gasteiger charge is -2.28. The summed E-state index contributed by atoms with van der Waals surface area (Å²) in [6.45, 7) is 1.02. The highest BCUT2D eigenvalue weighted by Gasteiger charge is 2.26. The van der Waals surface area contributed by atoms with Crippen LogP contribution in [0.4, 0.5) is 0 Å². The molecule has 86 valence electrons. The number of hydrogen-bond donors (Lipinski definition) is 4. The smallest absolute Gasteiger partial charge is 0.0941 e. The Balaban J connectivity index is 3.89. The minimum absolute atomic E-state index is 0.101. The number of ether oxygens (including phenoxy) is 3. The molecular weight excluding hydrogens is 188 g/mol. The van der Waals surface area contributed by atoms with Gasteiger partial charge in [0.25, 0.3) is 0 Å². The minimum Gasteiger partial charge on any atom is -0.364 e. The first-order chi connectivity index (χ1) is 6.68. The molecule has 0 heterocycles. The summed E-state index contributed by atoms with van der Waals surface area (Å²) in [5.74, 6) is 0. The van der Waals surface area contributed by atoms with Gasteiger partial charge in [-0.3, -0.25) is 0 Å². The predicted octanol–water partition coefficient (Wildman–Crippen LogP) is -2.52. The van der Waals surface area contributed by atoms with Crippen LogP contribution >= 0.6 is 0 Å². The van der Waals surface area contributed by atoms with Gasteiger partial charge in [0.1, 0.15) is 0 Å². The molecule has 0 aromatic carbocycles. The molecule has 0 unspecified atom stereocenters. The fourth-order valence-corrected chi connectivity index (χ4v) is 0.912. The largest absolute Gasteiger partial charge is 0.364 e. The lowest BCUT2D eigenvalue weighted by atomic mass is 10.1. The van der Waals surface area contributed by atoms with Crippen LogP contribution in [0.5, 0.6) is 0 Å². The van der Waals surface area contributed by atoms with Crippen molar-refractivity contribution in [3.8, 4) is 0 Å². The maximum Gasteiger partial charge on any atom is 0.0941 e. The third kappa shape index (κ3) is 6.22. The third-order valence-electron chi connectivity index (χ3n) is 1.52. The second-order valence-corrected chi connectivity index (χ2v) is 2.91. The van der Waals surface area contributed by atoms with Crippen LogP contribution in [0.3, 0.4) is 0 Å². The van der Waals surface area contributed by atoms with Gasteiger partial charge in [-0.25, -0.2) is 0 Å². The van der Waals surface area contributed by atoms with Crippen molar-refractivity contribution in [3.05, 3.63) is 0 Å². The molecule has 0 radical (unpaired) electrons. The molecule has 7 heteroatoms. The molecule has 0 atom stereocenters. The van der Waals surface area contributed by atoms with Crippen molar-refractivity contribution in [2.24, 2.45) is 22.9 Å². The topological polar surface area (TPSA) is 132 Å². The lowest BCUT2D eigenvalue weighted by Crippen LogP contribution is -2.53. The Morgan fingerprint density at radius 2 is 1.00 bits per heavy atom. The standard InChI is InChI=1S/C7H20N4O3/c8-4-12-1-7(11,2-13-5-9)3-14-6-10/h1-6,8-11H2. The van der Waals surface area contributed by atoms with Crippen molar-refractivity contribution in [3.63, 3.8) is 0 Å². The van der Waals surface area contributed by atoms with E-state index in [9.17, 15) is 0 Å². The zero-order valence-electron chi connectivity index (χ0n) is 8.28. The summed E-state index contributed by atoms with van der Waals surface area (Å²) in [6.07, 6.45) is 0. The van der Waals surface area contributed by atoms with Gasteiger partial charge in [0.15, 0.2) is 0 Å². The molecular formula is C7H20N4O3. The second kappa shape index (κ2) is 8.06. The molecule has 0 aliphatic carbocycles. The predicted molar refractivity (Wildman–Crippen MR) is 51.9 cm³/mol. The van der Waals surface area contributed by atoms with Crippen LogP contribution in [0, 0.1) is 0 Å². The molecule has 0 spiro atoms. The number of rotatable bonds is 9. The van der Waals surface area contributed by atoms with Gasteiger partial charge in [0, 0.05) is 0 Å². The number of nitrogens with two attached hydrogens (primary N) is 4. The van der Waals surface area contributed by atoms with Crippen molar-refractivity contribution in [1.82, 2.24) is 0 Å². The second-order valence-electron chi connectivity index (χ2n) is 2.91. The molecule has 8 N–H and O–H groups in total. The Labute approximate surface area is 83.6 Å². The van der Waals surface area contributed by atoms with Crippen LogP contribution in [-0.2, 0) is 14.2 Å². The van der Waals surface area contributed by atoms with Crippen LogP contribution in [0.15, 0.2) is 0 Å². The Morgan fingerprint density at radius 3 is 1.21 bits per heavy atom. The van der Waals surface area contributed by atoms with Gasteiger partial charge in [-0.1, -0.05) is 0 Å². The lowest BCUT2D eigenvalue weighted by molar-refractivity contribution is -0.0194. The van der Waals surface area contributed by atoms with E-state index >= 15 is 0 Å². The molecule has 0 saturated heterocycles. The SMILES string of the molecule is NCOCC(N)(COCN)COCN. The van der Waals surface area contributed by atoms with E-state index in [2.05, 4.69) is 0 Å². The summed E-state index contributed by atoms with van der Waals surface area (Å²) in [5, 5.41) is 0. The molecule has 0 aliphatic heterocycles. The van der Waals surface area contributed by atoms with Crippen molar-refractivity contribution in [1.29, 1.82) is 0 Å². The zero-order valence-corrected chi connectivity index (χ0v) is 8.28. The molecule has 0 fully saturated rings. The molecule has 0 aromatic rings. The molecule has 0 saturated carbocycles. The van der Waals surface area contributed by atoms with E-state index < -0.39 is 5.54 Å². The van der Waals surface area contributed by atoms with Crippen LogP contribution in [0.25, 0.3) is 0 Å². The van der Waals surface area contributed by atoms with Gasteiger partial charge in [-0.15, -0.1) is 0 Å². The molecule has 0 aliphatic rings. The summed E-state index contributed by atoms with van der Waals surface area (Å²) < 4.78 is 15.0. The summed E-state index contributed by atoms with van der Waals surface area (Å²) in [6, 6.07) is 0. The first-order valence-corrected chi connectivity index (χ1v) is 4.31. The van der Waals surface area contributed by atoms with Gasteiger partial charge in [0.2, 0.25) is 0 Å². The highest BCUT2D eigenvalue weighted by Crippen LogP contribution is 2.03. The molecule has 0 amide bonds. The van der Waals surface area contributed by atoms with E-state index in [1.165, 1.54) is 0 Å². The fraction of sp³-hybridized carbons (Fsp3) is 1.00. The maximum absolute atomic E-state index is 5.91. The minimum atomic E-state index is -0.752. The molecule has 7 nitrogen and oxygen atoms in total. The van der Waals surface area contributed by atoms with E-state index in [4.69, 9.17) is 37.1 Å². The normalized spacial score (nSPS) is 12.0. The maximum atomic E-state index is 5.91. The Morgan fingerprint density at radius 1 is 0.714 bits per heavy atom. The van der Waals surface area contributed by atoms with Crippen LogP contribution in [0.1, 0.15) is 0 Å². The highest BCUT2D eigenvalue weighted by atomic mass is 16.5. The van der Waals surface area contributed by atoms with Gasteiger partial charge in [-0.05, 0) is 0 Å². The third-order valence-corrected chi connectivity index (χ3v) is 1.52. The fourth-order valence-electron chi connectivity index (χ4n) is 0.912. The van der Waals surface area contributed by atoms with Crippen molar-refractivity contribution in [2.75, 3.05) is 40.0 Å². The quantitative estimate of drug-likeness (QED) is 0.307. The van der Waals surface area contributed by atoms with Gasteiger partial charge in [-0.2, -0.15) is 0 Å². The summed E-state index contributed by atoms with van der Waals surface area (Å²) >= 11 is 0. The summed E-state index contributed by atoms with van der Waals surface area (Å²) in [4.78, 5) is 0. The summed E-state index contributed by atoms with van der Waals surface area (Å²) in [7, 11) is 0. The number of hydrogen-bond acceptors (Lipinski definition) is 7. The van der Waals surface area contributed by atoms with Crippen LogP contribution in [-0.4, -0.2) is 45.6 Å². The Bertz CT molecular complexity index is 114. The Kier molecular flexibility index (Phi) is 7.90. The first kappa shape index (κ1) is 13.7. The van der Waals surface area contributed by atoms with E-state index in [1.807, 2.05) is 0 Å². The average molecular weight is 208 g/mol. The highest BCUT2D eigenvalue weighted by molar-refractivity contribution is 4.83. The van der Waals surface area contributed by atoms with Gasteiger partial charge < -0.3 is 37.1 Å². The van der Waals surface area contributed by atoms with Crippen LogP contribution < -0.4 is 22.9 Å². The van der Waals surface area contributed by atoms with E-state index in [1.54, 1.807) is 0 Å². The first-order valence-electron chi connectivity index (χ1n) is 4.31. The van der Waals surface area contributed by atoms with E-state index in [0.29, 0.717) is 0 Å². The van der Waals surface area contributed by atoms with Crippen LogP contribution in [0.2, 0.25) is 0 Å². The average Bonchev–Trinajstić information content (AvgIpc) is 2.21. The van der Waals surface area contributed by atoms with E-state index in [-0.39, 0.29) is 40.0 Å². The van der Waals surface area contributed by atoms with Crippen molar-refractivity contribution >= 4 is 0 Å². The Hall–Kier alpha value is -0.280. The van der Waals surface area contributed by atoms with E-state index in [0.717, 1.165) is 0 Å². The molecule has 14 heavy (non-hydrogen) atoms. The van der Waals surface area contributed by atoms with Crippen molar-refractivity contribution in [2.45, 2.75) is 5.54 Å². The zero-order chi connectivity index (χ0) is 10.9.